The van der Waals surface area contributed by atoms with Crippen molar-refractivity contribution in [2.75, 3.05) is 13.2 Å². The molecule has 0 radical (unpaired) electrons. The zero-order chi connectivity index (χ0) is 11.3. The van der Waals surface area contributed by atoms with Gasteiger partial charge in [0.1, 0.15) is 0 Å². The Labute approximate surface area is 90.8 Å². The fraction of sp³-hybridized carbons (Fsp3) is 0.500. The Hall–Kier alpha value is -0.900. The van der Waals surface area contributed by atoms with Crippen LogP contribution in [0, 0.1) is 13.8 Å². The molecule has 3 N–H and O–H groups in total. The van der Waals surface area contributed by atoms with Gasteiger partial charge in [-0.15, -0.1) is 0 Å². The molecule has 84 valence electrons. The van der Waals surface area contributed by atoms with E-state index in [2.05, 4.69) is 31.3 Å². The summed E-state index contributed by atoms with van der Waals surface area (Å²) in [5.41, 5.74) is 3.79. The lowest BCUT2D eigenvalue weighted by atomic mass is 10.0. The van der Waals surface area contributed by atoms with Gasteiger partial charge in [-0.05, 0) is 30.5 Å². The third-order valence-corrected chi connectivity index (χ3v) is 2.62. The number of aliphatic hydroxyl groups is 2. The predicted octanol–water partition coefficient (Wildman–Crippen LogP) is 0.746. The van der Waals surface area contributed by atoms with Gasteiger partial charge in [0.2, 0.25) is 0 Å². The van der Waals surface area contributed by atoms with Crippen LogP contribution in [0.1, 0.15) is 16.7 Å². The van der Waals surface area contributed by atoms with Gasteiger partial charge in [-0.2, -0.15) is 0 Å². The van der Waals surface area contributed by atoms with Gasteiger partial charge in [0.25, 0.3) is 0 Å². The molecule has 0 aliphatic heterocycles. The molecule has 3 heteroatoms. The average Bonchev–Trinajstić information content (AvgIpc) is 2.24. The summed E-state index contributed by atoms with van der Waals surface area (Å²) in [6, 6.07) is 6.18. The molecular weight excluding hydrogens is 190 g/mol. The molecule has 1 aromatic carbocycles. The largest absolute Gasteiger partial charge is 0.394 e. The number of hydrogen-bond acceptors (Lipinski definition) is 3. The second-order valence-corrected chi connectivity index (χ2v) is 3.83. The van der Waals surface area contributed by atoms with Gasteiger partial charge in [0.15, 0.2) is 0 Å². The molecule has 0 aliphatic carbocycles. The predicted molar refractivity (Wildman–Crippen MR) is 60.7 cm³/mol. The number of benzene rings is 1. The third-order valence-electron chi connectivity index (χ3n) is 2.62. The molecule has 0 fully saturated rings. The fourth-order valence-electron chi connectivity index (χ4n) is 1.44. The second-order valence-electron chi connectivity index (χ2n) is 3.83. The maximum Gasteiger partial charge on any atom is 0.0895 e. The fourth-order valence-corrected chi connectivity index (χ4v) is 1.44. The maximum absolute atomic E-state index is 9.15. The summed E-state index contributed by atoms with van der Waals surface area (Å²) in [7, 11) is 0. The molecule has 0 spiro atoms. The van der Waals surface area contributed by atoms with E-state index in [1.54, 1.807) is 0 Å². The molecule has 0 saturated carbocycles. The van der Waals surface area contributed by atoms with Crippen molar-refractivity contribution in [3.05, 3.63) is 34.9 Å². The SMILES string of the molecule is Cc1cccc(CNCC(O)CO)c1C. The van der Waals surface area contributed by atoms with E-state index in [9.17, 15) is 0 Å². The Morgan fingerprint density at radius 2 is 2.07 bits per heavy atom. The molecular formula is C12H19NO2. The molecule has 0 heterocycles. The van der Waals surface area contributed by atoms with Crippen molar-refractivity contribution in [2.24, 2.45) is 0 Å². The van der Waals surface area contributed by atoms with E-state index in [1.165, 1.54) is 16.7 Å². The minimum Gasteiger partial charge on any atom is -0.394 e. The van der Waals surface area contributed by atoms with Gasteiger partial charge >= 0.3 is 0 Å². The highest BCUT2D eigenvalue weighted by atomic mass is 16.3. The molecule has 1 atom stereocenters. The third kappa shape index (κ3) is 3.63. The molecule has 0 saturated heterocycles. The smallest absolute Gasteiger partial charge is 0.0895 e. The summed E-state index contributed by atoms with van der Waals surface area (Å²) in [5, 5.41) is 20.9. The van der Waals surface area contributed by atoms with E-state index in [0.29, 0.717) is 6.54 Å². The quantitative estimate of drug-likeness (QED) is 0.670. The minimum absolute atomic E-state index is 0.195. The van der Waals surface area contributed by atoms with Crippen molar-refractivity contribution in [3.8, 4) is 0 Å². The second kappa shape index (κ2) is 5.85. The average molecular weight is 209 g/mol. The molecule has 1 unspecified atom stereocenters. The number of hydrogen-bond donors (Lipinski definition) is 3. The summed E-state index contributed by atoms with van der Waals surface area (Å²) in [6.07, 6.45) is -0.671. The number of rotatable bonds is 5. The molecule has 0 aliphatic rings. The van der Waals surface area contributed by atoms with Crippen molar-refractivity contribution in [2.45, 2.75) is 26.5 Å². The summed E-state index contributed by atoms with van der Waals surface area (Å²) >= 11 is 0. The minimum atomic E-state index is -0.671. The molecule has 0 aromatic heterocycles. The Morgan fingerprint density at radius 3 is 2.73 bits per heavy atom. The summed E-state index contributed by atoms with van der Waals surface area (Å²) in [4.78, 5) is 0. The summed E-state index contributed by atoms with van der Waals surface area (Å²) < 4.78 is 0. The van der Waals surface area contributed by atoms with Crippen molar-refractivity contribution in [1.82, 2.24) is 5.32 Å². The van der Waals surface area contributed by atoms with Crippen LogP contribution in [-0.4, -0.2) is 29.5 Å². The topological polar surface area (TPSA) is 52.5 Å². The molecule has 1 aromatic rings. The van der Waals surface area contributed by atoms with Gasteiger partial charge in [0.05, 0.1) is 12.7 Å². The van der Waals surface area contributed by atoms with Gasteiger partial charge in [0, 0.05) is 13.1 Å². The Balaban J connectivity index is 2.47. The van der Waals surface area contributed by atoms with Gasteiger partial charge in [-0.3, -0.25) is 0 Å². The normalized spacial score (nSPS) is 12.8. The zero-order valence-electron chi connectivity index (χ0n) is 9.33. The highest BCUT2D eigenvalue weighted by Gasteiger charge is 2.03. The van der Waals surface area contributed by atoms with E-state index < -0.39 is 6.10 Å². The highest BCUT2D eigenvalue weighted by Crippen LogP contribution is 2.11. The van der Waals surface area contributed by atoms with E-state index in [0.717, 1.165) is 6.54 Å². The van der Waals surface area contributed by atoms with E-state index >= 15 is 0 Å². The van der Waals surface area contributed by atoms with E-state index in [-0.39, 0.29) is 6.61 Å². The lowest BCUT2D eigenvalue weighted by molar-refractivity contribution is 0.0942. The monoisotopic (exact) mass is 209 g/mol. The first kappa shape index (κ1) is 12.2. The highest BCUT2D eigenvalue weighted by molar-refractivity contribution is 5.32. The molecule has 15 heavy (non-hydrogen) atoms. The van der Waals surface area contributed by atoms with Gasteiger partial charge in [-0.25, -0.2) is 0 Å². The van der Waals surface area contributed by atoms with Crippen LogP contribution in [0.5, 0.6) is 0 Å². The summed E-state index contributed by atoms with van der Waals surface area (Å²) in [5.74, 6) is 0. The Morgan fingerprint density at radius 1 is 1.33 bits per heavy atom. The van der Waals surface area contributed by atoms with Gasteiger partial charge in [-0.1, -0.05) is 18.2 Å². The first-order valence-electron chi connectivity index (χ1n) is 5.20. The number of aliphatic hydroxyl groups excluding tert-OH is 2. The first-order valence-corrected chi connectivity index (χ1v) is 5.20. The first-order chi connectivity index (χ1) is 7.15. The van der Waals surface area contributed by atoms with Crippen LogP contribution in [0.4, 0.5) is 0 Å². The van der Waals surface area contributed by atoms with Crippen molar-refractivity contribution >= 4 is 0 Å². The molecule has 1 rings (SSSR count). The molecule has 3 nitrogen and oxygen atoms in total. The lowest BCUT2D eigenvalue weighted by Gasteiger charge is -2.11. The zero-order valence-corrected chi connectivity index (χ0v) is 9.33. The van der Waals surface area contributed by atoms with E-state index in [1.807, 2.05) is 6.07 Å². The maximum atomic E-state index is 9.15. The van der Waals surface area contributed by atoms with Crippen LogP contribution >= 0.6 is 0 Å². The number of aryl methyl sites for hydroxylation is 1. The van der Waals surface area contributed by atoms with Gasteiger partial charge < -0.3 is 15.5 Å². The van der Waals surface area contributed by atoms with Crippen LogP contribution in [-0.2, 0) is 6.54 Å². The van der Waals surface area contributed by atoms with Crippen LogP contribution in [0.25, 0.3) is 0 Å². The molecule has 0 bridgehead atoms. The Bertz CT molecular complexity index is 312. The molecule has 0 amide bonds. The van der Waals surface area contributed by atoms with E-state index in [4.69, 9.17) is 10.2 Å². The van der Waals surface area contributed by atoms with Crippen molar-refractivity contribution in [3.63, 3.8) is 0 Å². The van der Waals surface area contributed by atoms with Crippen LogP contribution < -0.4 is 5.32 Å². The van der Waals surface area contributed by atoms with Crippen molar-refractivity contribution in [1.29, 1.82) is 0 Å². The Kier molecular flexibility index (Phi) is 4.75. The van der Waals surface area contributed by atoms with Crippen LogP contribution in [0.15, 0.2) is 18.2 Å². The lowest BCUT2D eigenvalue weighted by Crippen LogP contribution is -2.29. The number of nitrogens with one attached hydrogen (secondary N) is 1. The van der Waals surface area contributed by atoms with Crippen LogP contribution in [0.2, 0.25) is 0 Å². The summed E-state index contributed by atoms with van der Waals surface area (Å²) in [6.45, 7) is 5.13. The van der Waals surface area contributed by atoms with Crippen LogP contribution in [0.3, 0.4) is 0 Å². The standard InChI is InChI=1S/C12H19NO2/c1-9-4-3-5-11(10(9)2)6-13-7-12(15)8-14/h3-5,12-15H,6-8H2,1-2H3. The van der Waals surface area contributed by atoms with Crippen molar-refractivity contribution < 1.29 is 10.2 Å².